The monoisotopic (exact) mass is 488 g/mol. The van der Waals surface area contributed by atoms with Crippen LogP contribution in [-0.2, 0) is 20.6 Å². The molecule has 0 saturated carbocycles. The minimum atomic E-state index is -3.64. The van der Waals surface area contributed by atoms with Crippen LogP contribution in [0.25, 0.3) is 0 Å². The van der Waals surface area contributed by atoms with Gasteiger partial charge in [-0.1, -0.05) is 29.8 Å². The minimum Gasteiger partial charge on any atom is -0.326 e. The summed E-state index contributed by atoms with van der Waals surface area (Å²) in [6.45, 7) is 0.464. The van der Waals surface area contributed by atoms with Gasteiger partial charge < -0.3 is 5.32 Å². The van der Waals surface area contributed by atoms with Crippen molar-refractivity contribution in [1.29, 1.82) is 0 Å². The van der Waals surface area contributed by atoms with Gasteiger partial charge in [0.1, 0.15) is 5.82 Å². The number of anilines is 1. The summed E-state index contributed by atoms with van der Waals surface area (Å²) >= 11 is 9.33. The molecule has 9 heteroatoms. The number of carbonyl (C=O) groups excluding carboxylic acids is 1. The molecule has 0 unspecified atom stereocenters. The standard InChI is InChI=1S/C19H19BrClFN2O3S/c20-16-6-5-15(11-17(16)21)23-19(25)13-7-9-24(10-8-13)28(26,27)12-14-3-1-2-4-18(14)22/h1-6,11,13H,7-10,12H2,(H,23,25). The highest BCUT2D eigenvalue weighted by Crippen LogP contribution is 2.27. The molecule has 3 rings (SSSR count). The molecule has 0 aliphatic carbocycles. The SMILES string of the molecule is O=C(Nc1ccc(Br)c(Cl)c1)C1CCN(S(=O)(=O)Cc2ccccc2F)CC1. The topological polar surface area (TPSA) is 66.5 Å². The Morgan fingerprint density at radius 2 is 1.89 bits per heavy atom. The van der Waals surface area contributed by atoms with Crippen molar-refractivity contribution in [1.82, 2.24) is 4.31 Å². The van der Waals surface area contributed by atoms with Crippen molar-refractivity contribution in [2.45, 2.75) is 18.6 Å². The number of hydrogen-bond acceptors (Lipinski definition) is 3. The number of rotatable bonds is 5. The Kier molecular flexibility index (Phi) is 6.75. The second kappa shape index (κ2) is 8.90. The third-order valence-corrected chi connectivity index (χ3v) is 7.76. The third-order valence-electron chi connectivity index (χ3n) is 4.70. The van der Waals surface area contributed by atoms with Gasteiger partial charge in [0, 0.05) is 34.7 Å². The first-order valence-electron chi connectivity index (χ1n) is 8.73. The maximum Gasteiger partial charge on any atom is 0.227 e. The van der Waals surface area contributed by atoms with E-state index in [-0.39, 0.29) is 36.2 Å². The summed E-state index contributed by atoms with van der Waals surface area (Å²) in [5.41, 5.74) is 0.738. The zero-order valence-electron chi connectivity index (χ0n) is 14.9. The molecule has 1 fully saturated rings. The minimum absolute atomic E-state index is 0.148. The molecule has 1 amide bonds. The molecule has 2 aromatic carbocycles. The molecule has 0 atom stereocenters. The van der Waals surface area contributed by atoms with Gasteiger partial charge in [-0.3, -0.25) is 4.79 Å². The van der Waals surface area contributed by atoms with Gasteiger partial charge in [-0.2, -0.15) is 0 Å². The van der Waals surface area contributed by atoms with E-state index in [1.165, 1.54) is 22.5 Å². The van der Waals surface area contributed by atoms with Crippen molar-refractivity contribution < 1.29 is 17.6 Å². The Bertz CT molecular complexity index is 979. The molecular formula is C19H19BrClFN2O3S. The Balaban J connectivity index is 1.58. The van der Waals surface area contributed by atoms with E-state index >= 15 is 0 Å². The second-order valence-corrected chi connectivity index (χ2v) is 9.87. The van der Waals surface area contributed by atoms with Crippen LogP contribution in [0.4, 0.5) is 10.1 Å². The molecule has 1 heterocycles. The van der Waals surface area contributed by atoms with Crippen LogP contribution < -0.4 is 5.32 Å². The smallest absolute Gasteiger partial charge is 0.227 e. The lowest BCUT2D eigenvalue weighted by Gasteiger charge is -2.30. The van der Waals surface area contributed by atoms with Gasteiger partial charge in [0.05, 0.1) is 10.8 Å². The first-order valence-corrected chi connectivity index (χ1v) is 11.5. The van der Waals surface area contributed by atoms with E-state index in [4.69, 9.17) is 11.6 Å². The van der Waals surface area contributed by atoms with Crippen molar-refractivity contribution in [3.05, 3.63) is 63.3 Å². The molecule has 1 saturated heterocycles. The summed E-state index contributed by atoms with van der Waals surface area (Å²) in [5, 5.41) is 3.31. The largest absolute Gasteiger partial charge is 0.326 e. The molecule has 0 spiro atoms. The van der Waals surface area contributed by atoms with E-state index in [0.29, 0.717) is 23.6 Å². The van der Waals surface area contributed by atoms with E-state index in [1.807, 2.05) is 0 Å². The first-order chi connectivity index (χ1) is 13.3. The number of sulfonamides is 1. The molecule has 2 aromatic rings. The van der Waals surface area contributed by atoms with Crippen LogP contribution in [0, 0.1) is 11.7 Å². The predicted molar refractivity (Wildman–Crippen MR) is 111 cm³/mol. The number of hydrogen-bond donors (Lipinski definition) is 1. The van der Waals surface area contributed by atoms with Crippen molar-refractivity contribution in [2.75, 3.05) is 18.4 Å². The lowest BCUT2D eigenvalue weighted by molar-refractivity contribution is -0.120. The van der Waals surface area contributed by atoms with Crippen LogP contribution in [0.15, 0.2) is 46.9 Å². The van der Waals surface area contributed by atoms with Gasteiger partial charge in [-0.25, -0.2) is 17.1 Å². The van der Waals surface area contributed by atoms with Gasteiger partial charge in [0.25, 0.3) is 0 Å². The molecule has 1 aliphatic rings. The molecule has 0 bridgehead atoms. The number of piperidine rings is 1. The van der Waals surface area contributed by atoms with E-state index < -0.39 is 15.8 Å². The number of halogens is 3. The first kappa shape index (κ1) is 21.2. The lowest BCUT2D eigenvalue weighted by atomic mass is 9.97. The highest BCUT2D eigenvalue weighted by Gasteiger charge is 2.31. The molecular weight excluding hydrogens is 471 g/mol. The molecule has 1 aliphatic heterocycles. The molecule has 0 aromatic heterocycles. The average Bonchev–Trinajstić information content (AvgIpc) is 2.66. The van der Waals surface area contributed by atoms with Gasteiger partial charge in [0.2, 0.25) is 15.9 Å². The number of benzene rings is 2. The van der Waals surface area contributed by atoms with Crippen LogP contribution in [0.2, 0.25) is 5.02 Å². The Labute approximate surface area is 177 Å². The average molecular weight is 490 g/mol. The van der Waals surface area contributed by atoms with Crippen LogP contribution in [0.1, 0.15) is 18.4 Å². The summed E-state index contributed by atoms with van der Waals surface area (Å²) in [7, 11) is -3.64. The third kappa shape index (κ3) is 5.11. The zero-order valence-corrected chi connectivity index (χ0v) is 18.0. The summed E-state index contributed by atoms with van der Waals surface area (Å²) in [6, 6.07) is 11.0. The Hall–Kier alpha value is -1.48. The highest BCUT2D eigenvalue weighted by molar-refractivity contribution is 9.10. The van der Waals surface area contributed by atoms with E-state index in [0.717, 1.165) is 4.47 Å². The maximum atomic E-state index is 13.8. The van der Waals surface area contributed by atoms with Crippen LogP contribution in [0.3, 0.4) is 0 Å². The summed E-state index contributed by atoms with van der Waals surface area (Å²) in [6.07, 6.45) is 0.819. The Morgan fingerprint density at radius 1 is 1.21 bits per heavy atom. The van der Waals surface area contributed by atoms with Gasteiger partial charge in [-0.15, -0.1) is 0 Å². The van der Waals surface area contributed by atoms with Crippen molar-refractivity contribution in [3.8, 4) is 0 Å². The van der Waals surface area contributed by atoms with E-state index in [2.05, 4.69) is 21.2 Å². The molecule has 5 nitrogen and oxygen atoms in total. The van der Waals surface area contributed by atoms with Crippen molar-refractivity contribution >= 4 is 49.1 Å². The summed E-state index contributed by atoms with van der Waals surface area (Å²) in [5.74, 6) is -1.37. The number of nitrogens with zero attached hydrogens (tertiary/aromatic N) is 1. The number of amides is 1. The predicted octanol–water partition coefficient (Wildman–Crippen LogP) is 4.42. The normalized spacial score (nSPS) is 16.1. The van der Waals surface area contributed by atoms with Gasteiger partial charge >= 0.3 is 0 Å². The zero-order chi connectivity index (χ0) is 20.3. The van der Waals surface area contributed by atoms with Gasteiger partial charge in [-0.05, 0) is 53.0 Å². The fourth-order valence-corrected chi connectivity index (χ4v) is 5.12. The molecule has 150 valence electrons. The van der Waals surface area contributed by atoms with Crippen LogP contribution in [-0.4, -0.2) is 31.7 Å². The molecule has 1 N–H and O–H groups in total. The van der Waals surface area contributed by atoms with E-state index in [1.54, 1.807) is 24.3 Å². The van der Waals surface area contributed by atoms with Crippen molar-refractivity contribution in [2.24, 2.45) is 5.92 Å². The Morgan fingerprint density at radius 3 is 2.54 bits per heavy atom. The highest BCUT2D eigenvalue weighted by atomic mass is 79.9. The fourth-order valence-electron chi connectivity index (χ4n) is 3.12. The second-order valence-electron chi connectivity index (χ2n) is 6.64. The molecule has 0 radical (unpaired) electrons. The van der Waals surface area contributed by atoms with Crippen molar-refractivity contribution in [3.63, 3.8) is 0 Å². The maximum absolute atomic E-state index is 13.8. The summed E-state index contributed by atoms with van der Waals surface area (Å²) < 4.78 is 41.0. The van der Waals surface area contributed by atoms with Gasteiger partial charge in [0.15, 0.2) is 0 Å². The number of carbonyl (C=O) groups is 1. The lowest BCUT2D eigenvalue weighted by Crippen LogP contribution is -2.42. The molecule has 28 heavy (non-hydrogen) atoms. The number of nitrogens with one attached hydrogen (secondary N) is 1. The quantitative estimate of drug-likeness (QED) is 0.676. The van der Waals surface area contributed by atoms with E-state index in [9.17, 15) is 17.6 Å². The van der Waals surface area contributed by atoms with Crippen LogP contribution in [0.5, 0.6) is 0 Å². The summed E-state index contributed by atoms with van der Waals surface area (Å²) in [4.78, 5) is 12.5. The fraction of sp³-hybridized carbons (Fsp3) is 0.316. The van der Waals surface area contributed by atoms with Crippen LogP contribution >= 0.6 is 27.5 Å².